The molecule has 0 saturated carbocycles. The van der Waals surface area contributed by atoms with Gasteiger partial charge in [-0.15, -0.1) is 0 Å². The Balaban J connectivity index is -0.0000000200. The molecule has 0 atom stereocenters. The van der Waals surface area contributed by atoms with Crippen molar-refractivity contribution in [2.45, 2.75) is 0 Å². The van der Waals surface area contributed by atoms with Crippen LogP contribution < -0.4 is 0 Å². The number of carbonyl (C=O) groups is 1. The van der Waals surface area contributed by atoms with E-state index in [2.05, 4.69) is 0 Å². The van der Waals surface area contributed by atoms with Gasteiger partial charge in [0.1, 0.15) is 0 Å². The van der Waals surface area contributed by atoms with Gasteiger partial charge in [-0.2, -0.15) is 0 Å². The van der Waals surface area contributed by atoms with E-state index in [0.29, 0.717) is 0 Å². The fourth-order valence-corrected chi connectivity index (χ4v) is 0. The van der Waals surface area contributed by atoms with Gasteiger partial charge in [-0.3, -0.25) is 4.79 Å². The van der Waals surface area contributed by atoms with Gasteiger partial charge in [0, 0.05) is 20.4 Å². The van der Waals surface area contributed by atoms with Crippen LogP contribution in [0.2, 0.25) is 0 Å². The summed E-state index contributed by atoms with van der Waals surface area (Å²) >= 11 is 0. The van der Waals surface area contributed by atoms with Crippen molar-refractivity contribution in [1.82, 2.24) is 0 Å². The molecule has 0 amide bonds. The van der Waals surface area contributed by atoms with E-state index in [0.717, 1.165) is 0 Å². The van der Waals surface area contributed by atoms with Crippen LogP contribution in [0, 0.1) is 0 Å². The topological polar surface area (TPSA) is 37.3 Å². The Bertz CT molecular complexity index is 17.1. The molecule has 0 aromatic heterocycles. The third kappa shape index (κ3) is 39.3. The monoisotopic (exact) mass is 176 g/mol. The molecule has 2 nitrogen and oxygen atoms in total. The van der Waals surface area contributed by atoms with Crippen LogP contribution in [0.15, 0.2) is 0 Å². The van der Waals surface area contributed by atoms with Crippen LogP contribution in [0.5, 0.6) is 0 Å². The normalized spacial score (nSPS) is 2.40. The summed E-state index contributed by atoms with van der Waals surface area (Å²) in [6.45, 7) is -0.250. The zero-order valence-corrected chi connectivity index (χ0v) is 3.30. The Hall–Kier alpha value is 1.13. The number of hydrogen-bond donors (Lipinski definition) is 1. The summed E-state index contributed by atoms with van der Waals surface area (Å²) in [6, 6.07) is 0. The molecule has 5 heavy (non-hydrogen) atoms. The average molecular weight is 176 g/mol. The minimum Gasteiger partial charge on any atom is 0 e. The molecular formula is CH3NaO2Pd. The minimum atomic E-state index is -0.250. The van der Waals surface area contributed by atoms with Gasteiger partial charge in [-0.25, -0.2) is 0 Å². The molecule has 4 heteroatoms. The maximum absolute atomic E-state index is 8.36. The largest absolute Gasteiger partial charge is 0 e. The Kier molecular flexibility index (Phi) is 63.5. The Morgan fingerprint density at radius 2 is 1.60 bits per heavy atom. The number of rotatable bonds is 0. The van der Waals surface area contributed by atoms with Gasteiger partial charge in [0.05, 0.1) is 0 Å². The van der Waals surface area contributed by atoms with Crippen molar-refractivity contribution < 1.29 is 30.3 Å². The molecule has 0 spiro atoms. The summed E-state index contributed by atoms with van der Waals surface area (Å²) in [6.07, 6.45) is 0. The van der Waals surface area contributed by atoms with Gasteiger partial charge in [0.25, 0.3) is 6.47 Å². The zero-order chi connectivity index (χ0) is 2.71. The van der Waals surface area contributed by atoms with Crippen LogP contribution in [0.1, 0.15) is 0 Å². The Labute approximate surface area is 65.9 Å². The molecule has 30 valence electrons. The first-order chi connectivity index (χ1) is 1.41. The van der Waals surface area contributed by atoms with Crippen molar-refractivity contribution in [2.24, 2.45) is 0 Å². The second kappa shape index (κ2) is 19.3. The molecule has 0 aliphatic carbocycles. The number of carboxylic acid groups (broad SMARTS) is 1. The number of hydrogen-bond acceptors (Lipinski definition) is 1. The van der Waals surface area contributed by atoms with Crippen LogP contribution in [0.3, 0.4) is 0 Å². The predicted molar refractivity (Wildman–Crippen MR) is 15.8 cm³/mol. The van der Waals surface area contributed by atoms with Crippen molar-refractivity contribution in [3.8, 4) is 0 Å². The fourth-order valence-electron chi connectivity index (χ4n) is 0. The van der Waals surface area contributed by atoms with Crippen LogP contribution in [-0.4, -0.2) is 41.1 Å². The molecule has 0 aliphatic heterocycles. The minimum absolute atomic E-state index is 0. The Morgan fingerprint density at radius 1 is 1.60 bits per heavy atom. The standard InChI is InChI=1S/CH2O2.Na.Pd.H/c2-1-3;;;/h1H,(H,2,3);;;. The van der Waals surface area contributed by atoms with Crippen molar-refractivity contribution in [1.29, 1.82) is 0 Å². The van der Waals surface area contributed by atoms with E-state index in [9.17, 15) is 0 Å². The summed E-state index contributed by atoms with van der Waals surface area (Å²) in [4.78, 5) is 8.36. The molecule has 0 unspecified atom stereocenters. The summed E-state index contributed by atoms with van der Waals surface area (Å²) < 4.78 is 0. The molecule has 1 N–H and O–H groups in total. The molecule has 0 aromatic carbocycles. The molecule has 0 heterocycles. The first-order valence-corrected chi connectivity index (χ1v) is 0.494. The van der Waals surface area contributed by atoms with Gasteiger partial charge in [-0.05, 0) is 0 Å². The van der Waals surface area contributed by atoms with E-state index >= 15 is 0 Å². The van der Waals surface area contributed by atoms with Crippen molar-refractivity contribution in [3.63, 3.8) is 0 Å². The van der Waals surface area contributed by atoms with E-state index in [1.54, 1.807) is 0 Å². The van der Waals surface area contributed by atoms with Crippen LogP contribution in [0.25, 0.3) is 0 Å². The third-order valence-electron chi connectivity index (χ3n) is 0. The first-order valence-electron chi connectivity index (χ1n) is 0.494. The van der Waals surface area contributed by atoms with Gasteiger partial charge < -0.3 is 5.11 Å². The molecule has 0 rings (SSSR count). The summed E-state index contributed by atoms with van der Waals surface area (Å²) in [5.41, 5.74) is 0. The maximum atomic E-state index is 8.36. The van der Waals surface area contributed by atoms with Crippen LogP contribution in [-0.2, 0) is 25.2 Å². The van der Waals surface area contributed by atoms with E-state index in [-0.39, 0.29) is 56.5 Å². The van der Waals surface area contributed by atoms with Gasteiger partial charge in [0.2, 0.25) is 0 Å². The van der Waals surface area contributed by atoms with E-state index < -0.39 is 0 Å². The molecule has 0 aliphatic rings. The molecule has 0 bridgehead atoms. The summed E-state index contributed by atoms with van der Waals surface area (Å²) in [5, 5.41) is 6.89. The van der Waals surface area contributed by atoms with Gasteiger partial charge in [0.15, 0.2) is 0 Å². The molecule has 0 radical (unpaired) electrons. The van der Waals surface area contributed by atoms with E-state index in [4.69, 9.17) is 9.90 Å². The summed E-state index contributed by atoms with van der Waals surface area (Å²) in [7, 11) is 0. The smallest absolute Gasteiger partial charge is 0 e. The van der Waals surface area contributed by atoms with Crippen molar-refractivity contribution >= 4 is 36.0 Å². The van der Waals surface area contributed by atoms with Crippen LogP contribution in [0.4, 0.5) is 0 Å². The quantitative estimate of drug-likeness (QED) is 0.382. The van der Waals surface area contributed by atoms with Gasteiger partial charge >= 0.3 is 29.6 Å². The predicted octanol–water partition coefficient (Wildman–Crippen LogP) is -0.950. The van der Waals surface area contributed by atoms with Crippen molar-refractivity contribution in [2.75, 3.05) is 0 Å². The van der Waals surface area contributed by atoms with Gasteiger partial charge in [-0.1, -0.05) is 0 Å². The Morgan fingerprint density at radius 3 is 1.60 bits per heavy atom. The molecule has 0 fully saturated rings. The SMILES string of the molecule is O=CO.[NaH].[Pd]. The fraction of sp³-hybridized carbons (Fsp3) is 0. The molecule has 0 saturated heterocycles. The summed E-state index contributed by atoms with van der Waals surface area (Å²) in [5.74, 6) is 0. The maximum Gasteiger partial charge on any atom is 0 e. The van der Waals surface area contributed by atoms with Crippen LogP contribution >= 0.6 is 0 Å². The average Bonchev–Trinajstić information content (AvgIpc) is 0.918. The van der Waals surface area contributed by atoms with E-state index in [1.165, 1.54) is 0 Å². The van der Waals surface area contributed by atoms with Crippen molar-refractivity contribution in [3.05, 3.63) is 0 Å². The first kappa shape index (κ1) is 16.5. The molecule has 0 aromatic rings. The second-order valence-corrected chi connectivity index (χ2v) is 0.105. The second-order valence-electron chi connectivity index (χ2n) is 0.105. The molecular weight excluding hydrogens is 173 g/mol. The zero-order valence-electron chi connectivity index (χ0n) is 1.75. The third-order valence-corrected chi connectivity index (χ3v) is 0. The van der Waals surface area contributed by atoms with E-state index in [1.807, 2.05) is 0 Å².